The third-order valence-electron chi connectivity index (χ3n) is 3.32. The van der Waals surface area contributed by atoms with Crippen LogP contribution in [0.1, 0.15) is 13.3 Å². The molecule has 0 saturated carbocycles. The van der Waals surface area contributed by atoms with Crippen LogP contribution in [0.4, 0.5) is 5.69 Å². The van der Waals surface area contributed by atoms with E-state index in [2.05, 4.69) is 4.40 Å². The molecule has 1 aliphatic heterocycles. The number of sulfonamides is 1. The van der Waals surface area contributed by atoms with E-state index in [1.165, 1.54) is 28.8 Å². The van der Waals surface area contributed by atoms with Crippen LogP contribution in [0.2, 0.25) is 4.34 Å². The number of hydrogen-bond acceptors (Lipinski definition) is 5. The molecule has 0 spiro atoms. The molecule has 1 amide bonds. The molecule has 1 fully saturated rings. The smallest absolute Gasteiger partial charge is 0.273 e. The molecule has 2 heterocycles. The average Bonchev–Trinajstić information content (AvgIpc) is 3.12. The number of halogens is 1. The molecule has 126 valence electrons. The highest BCUT2D eigenvalue weighted by Crippen LogP contribution is 2.35. The van der Waals surface area contributed by atoms with Gasteiger partial charge in [-0.2, -0.15) is 8.42 Å². The number of rotatable bonds is 4. The SMILES string of the molecule is CC[C@H]1SC(=NS(=O)(=O)c2ccc(Cl)s2)N(c2ccccc2)C1=O. The van der Waals surface area contributed by atoms with Gasteiger partial charge < -0.3 is 0 Å². The lowest BCUT2D eigenvalue weighted by atomic mass is 10.2. The quantitative estimate of drug-likeness (QED) is 0.777. The number of anilines is 1. The van der Waals surface area contributed by atoms with Crippen molar-refractivity contribution in [1.82, 2.24) is 0 Å². The molecule has 3 rings (SSSR count). The van der Waals surface area contributed by atoms with Crippen LogP contribution in [-0.4, -0.2) is 24.7 Å². The number of para-hydroxylation sites is 1. The minimum Gasteiger partial charge on any atom is -0.273 e. The van der Waals surface area contributed by atoms with Gasteiger partial charge >= 0.3 is 0 Å². The Kier molecular flexibility index (Phi) is 5.00. The summed E-state index contributed by atoms with van der Waals surface area (Å²) in [6.07, 6.45) is 0.594. The van der Waals surface area contributed by atoms with Crippen LogP contribution in [-0.2, 0) is 14.8 Å². The van der Waals surface area contributed by atoms with E-state index in [4.69, 9.17) is 11.6 Å². The van der Waals surface area contributed by atoms with Crippen molar-refractivity contribution in [3.05, 3.63) is 46.8 Å². The van der Waals surface area contributed by atoms with Gasteiger partial charge in [-0.15, -0.1) is 15.7 Å². The van der Waals surface area contributed by atoms with Crippen LogP contribution in [0.25, 0.3) is 0 Å². The first-order chi connectivity index (χ1) is 11.4. The molecule has 0 bridgehead atoms. The molecule has 2 aromatic rings. The first kappa shape index (κ1) is 17.5. The number of thioether (sulfide) groups is 1. The van der Waals surface area contributed by atoms with Gasteiger partial charge in [-0.25, -0.2) is 0 Å². The van der Waals surface area contributed by atoms with Crippen molar-refractivity contribution in [3.8, 4) is 0 Å². The van der Waals surface area contributed by atoms with Crippen molar-refractivity contribution in [2.45, 2.75) is 22.8 Å². The van der Waals surface area contributed by atoms with Gasteiger partial charge in [-0.3, -0.25) is 9.69 Å². The van der Waals surface area contributed by atoms with Gasteiger partial charge in [0.25, 0.3) is 10.0 Å². The minimum absolute atomic E-state index is 0.0565. The van der Waals surface area contributed by atoms with Gasteiger partial charge in [0, 0.05) is 0 Å². The highest BCUT2D eigenvalue weighted by Gasteiger charge is 2.39. The van der Waals surface area contributed by atoms with E-state index in [9.17, 15) is 13.2 Å². The zero-order valence-electron chi connectivity index (χ0n) is 12.5. The van der Waals surface area contributed by atoms with Crippen molar-refractivity contribution >= 4 is 61.5 Å². The highest BCUT2D eigenvalue weighted by atomic mass is 35.5. The van der Waals surface area contributed by atoms with E-state index in [1.807, 2.05) is 13.0 Å². The van der Waals surface area contributed by atoms with Crippen LogP contribution in [0.5, 0.6) is 0 Å². The maximum atomic E-state index is 12.6. The highest BCUT2D eigenvalue weighted by molar-refractivity contribution is 8.16. The Morgan fingerprint density at radius 2 is 1.92 bits per heavy atom. The molecule has 1 saturated heterocycles. The molecule has 1 aliphatic rings. The molecule has 0 unspecified atom stereocenters. The fourth-order valence-corrected chi connectivity index (χ4v) is 5.92. The second-order valence-electron chi connectivity index (χ2n) is 4.93. The summed E-state index contributed by atoms with van der Waals surface area (Å²) in [7, 11) is -3.91. The summed E-state index contributed by atoms with van der Waals surface area (Å²) in [6.45, 7) is 1.88. The molecule has 0 N–H and O–H groups in total. The molecular weight excluding hydrogens is 388 g/mol. The van der Waals surface area contributed by atoms with Gasteiger partial charge in [-0.05, 0) is 30.7 Å². The normalized spacial score (nSPS) is 20.1. The Bertz CT molecular complexity index is 894. The lowest BCUT2D eigenvalue weighted by molar-refractivity contribution is -0.116. The van der Waals surface area contributed by atoms with Crippen molar-refractivity contribution in [2.24, 2.45) is 4.40 Å². The number of carbonyl (C=O) groups is 1. The predicted molar refractivity (Wildman–Crippen MR) is 99.5 cm³/mol. The third-order valence-corrected chi connectivity index (χ3v) is 7.71. The average molecular weight is 401 g/mol. The summed E-state index contributed by atoms with van der Waals surface area (Å²) in [5.74, 6) is -0.160. The number of hydrogen-bond donors (Lipinski definition) is 0. The first-order valence-corrected chi connectivity index (χ1v) is 10.6. The molecule has 9 heteroatoms. The summed E-state index contributed by atoms with van der Waals surface area (Å²) in [5, 5.41) is -0.173. The van der Waals surface area contributed by atoms with Gasteiger partial charge in [0.15, 0.2) is 5.17 Å². The fraction of sp³-hybridized carbons (Fsp3) is 0.200. The Balaban J connectivity index is 2.05. The van der Waals surface area contributed by atoms with Crippen molar-refractivity contribution in [2.75, 3.05) is 4.90 Å². The van der Waals surface area contributed by atoms with Crippen LogP contribution >= 0.6 is 34.7 Å². The van der Waals surface area contributed by atoms with E-state index in [0.717, 1.165) is 11.3 Å². The summed E-state index contributed by atoms with van der Waals surface area (Å²) < 4.78 is 29.3. The Labute approximate surface area is 153 Å². The van der Waals surface area contributed by atoms with Crippen LogP contribution in [0.15, 0.2) is 51.1 Å². The monoisotopic (exact) mass is 400 g/mol. The summed E-state index contributed by atoms with van der Waals surface area (Å²) in [5.41, 5.74) is 0.601. The minimum atomic E-state index is -3.91. The maximum Gasteiger partial charge on any atom is 0.294 e. The standard InChI is InChI=1S/C15H13ClN2O3S3/c1-2-11-14(19)18(10-6-4-3-5-7-10)15(22-11)17-24(20,21)13-9-8-12(16)23-13/h3-9,11H,2H2,1H3/t11-/m1/s1. The molecule has 0 aliphatic carbocycles. The Morgan fingerprint density at radius 3 is 2.50 bits per heavy atom. The van der Waals surface area contributed by atoms with Crippen LogP contribution in [0, 0.1) is 0 Å². The molecule has 1 aromatic carbocycles. The zero-order chi connectivity index (χ0) is 17.3. The van der Waals surface area contributed by atoms with Crippen LogP contribution in [0.3, 0.4) is 0 Å². The number of nitrogens with zero attached hydrogens (tertiary/aromatic N) is 2. The molecule has 1 atom stereocenters. The number of thiophene rings is 1. The lowest BCUT2D eigenvalue weighted by Gasteiger charge is -2.15. The largest absolute Gasteiger partial charge is 0.294 e. The maximum absolute atomic E-state index is 12.6. The van der Waals surface area contributed by atoms with Gasteiger partial charge in [0.1, 0.15) is 4.21 Å². The second-order valence-corrected chi connectivity index (χ2v) is 9.65. The summed E-state index contributed by atoms with van der Waals surface area (Å²) in [6, 6.07) is 11.8. The lowest BCUT2D eigenvalue weighted by Crippen LogP contribution is -2.32. The number of carbonyl (C=O) groups excluding carboxylic acids is 1. The molecular formula is C15H13ClN2O3S3. The fourth-order valence-electron chi connectivity index (χ4n) is 2.19. The summed E-state index contributed by atoms with van der Waals surface area (Å²) in [4.78, 5) is 14.0. The molecule has 1 aromatic heterocycles. The van der Waals surface area contributed by atoms with Crippen molar-refractivity contribution in [1.29, 1.82) is 0 Å². The van der Waals surface area contributed by atoms with Crippen molar-refractivity contribution in [3.63, 3.8) is 0 Å². The van der Waals surface area contributed by atoms with E-state index in [1.54, 1.807) is 24.3 Å². The zero-order valence-corrected chi connectivity index (χ0v) is 15.8. The Hall–Kier alpha value is -1.35. The van der Waals surface area contributed by atoms with E-state index < -0.39 is 10.0 Å². The van der Waals surface area contributed by atoms with Crippen molar-refractivity contribution < 1.29 is 13.2 Å². The second kappa shape index (κ2) is 6.87. The third kappa shape index (κ3) is 3.37. The predicted octanol–water partition coefficient (Wildman–Crippen LogP) is 4.00. The van der Waals surface area contributed by atoms with E-state index >= 15 is 0 Å². The van der Waals surface area contributed by atoms with Gasteiger partial charge in [0.05, 0.1) is 15.3 Å². The van der Waals surface area contributed by atoms with Gasteiger partial charge in [-0.1, -0.05) is 48.5 Å². The number of benzene rings is 1. The first-order valence-electron chi connectivity index (χ1n) is 7.08. The summed E-state index contributed by atoms with van der Waals surface area (Å²) >= 11 is 7.92. The molecule has 0 radical (unpaired) electrons. The van der Waals surface area contributed by atoms with E-state index in [-0.39, 0.29) is 20.5 Å². The number of amides is 1. The topological polar surface area (TPSA) is 66.8 Å². The van der Waals surface area contributed by atoms with Gasteiger partial charge in [0.2, 0.25) is 5.91 Å². The Morgan fingerprint density at radius 1 is 1.21 bits per heavy atom. The van der Waals surface area contributed by atoms with E-state index in [0.29, 0.717) is 16.4 Å². The van der Waals surface area contributed by atoms with Crippen LogP contribution < -0.4 is 4.90 Å². The molecule has 24 heavy (non-hydrogen) atoms. The molecule has 5 nitrogen and oxygen atoms in total. The number of amidine groups is 1.